The summed E-state index contributed by atoms with van der Waals surface area (Å²) in [6, 6.07) is 8.47. The van der Waals surface area contributed by atoms with Crippen molar-refractivity contribution >= 4 is 18.2 Å². The average Bonchev–Trinajstić information content (AvgIpc) is 2.34. The van der Waals surface area contributed by atoms with Crippen LogP contribution in [0.5, 0.6) is 0 Å². The standard InChI is InChI=1S/C11H10NO4/c13-6-7-16-10(14)8-12-11(15)9-4-2-1-3-5-9/h1-5H,7-8H2,(H,12,15). The molecule has 1 aromatic carbocycles. The smallest absolute Gasteiger partial charge is 0.325 e. The number of hydrogen-bond acceptors (Lipinski definition) is 4. The second-order valence-corrected chi connectivity index (χ2v) is 2.85. The molecule has 1 rings (SSSR count). The van der Waals surface area contributed by atoms with E-state index in [1.807, 2.05) is 0 Å². The van der Waals surface area contributed by atoms with Gasteiger partial charge in [0.15, 0.2) is 6.61 Å². The summed E-state index contributed by atoms with van der Waals surface area (Å²) in [5.41, 5.74) is 0.456. The third-order valence-electron chi connectivity index (χ3n) is 1.72. The van der Waals surface area contributed by atoms with Crippen molar-refractivity contribution in [3.05, 3.63) is 35.9 Å². The van der Waals surface area contributed by atoms with Crippen LogP contribution in [0, 0.1) is 0 Å². The molecule has 0 bridgehead atoms. The molecule has 0 spiro atoms. The molecule has 0 saturated carbocycles. The number of amides is 1. The Kier molecular flexibility index (Phi) is 4.72. The Hall–Kier alpha value is -2.17. The zero-order valence-corrected chi connectivity index (χ0v) is 8.43. The quantitative estimate of drug-likeness (QED) is 0.713. The van der Waals surface area contributed by atoms with Crippen molar-refractivity contribution in [3.63, 3.8) is 0 Å². The van der Waals surface area contributed by atoms with Crippen LogP contribution < -0.4 is 5.32 Å². The Morgan fingerprint density at radius 3 is 2.56 bits per heavy atom. The lowest BCUT2D eigenvalue weighted by Crippen LogP contribution is -2.30. The number of carbonyl (C=O) groups is 2. The van der Waals surface area contributed by atoms with Crippen LogP contribution >= 0.6 is 0 Å². The van der Waals surface area contributed by atoms with Crippen molar-refractivity contribution in [2.75, 3.05) is 13.2 Å². The molecular weight excluding hydrogens is 210 g/mol. The molecule has 0 aromatic heterocycles. The Bertz CT molecular complexity index is 375. The Balaban J connectivity index is 2.36. The maximum absolute atomic E-state index is 11.4. The summed E-state index contributed by atoms with van der Waals surface area (Å²) in [4.78, 5) is 32.1. The van der Waals surface area contributed by atoms with E-state index in [0.29, 0.717) is 5.56 Å². The second-order valence-electron chi connectivity index (χ2n) is 2.85. The molecule has 0 fully saturated rings. The van der Waals surface area contributed by atoms with Gasteiger partial charge in [-0.1, -0.05) is 18.2 Å². The van der Waals surface area contributed by atoms with Crippen LogP contribution in [0.2, 0.25) is 0 Å². The SMILES string of the molecule is O=[C]COC(=O)CNC(=O)c1ccccc1. The number of hydrogen-bond donors (Lipinski definition) is 1. The van der Waals surface area contributed by atoms with Gasteiger partial charge in [-0.15, -0.1) is 0 Å². The summed E-state index contributed by atoms with van der Waals surface area (Å²) in [6.07, 6.45) is 1.41. The Morgan fingerprint density at radius 2 is 1.94 bits per heavy atom. The number of carbonyl (C=O) groups excluding carboxylic acids is 3. The van der Waals surface area contributed by atoms with Crippen molar-refractivity contribution in [1.29, 1.82) is 0 Å². The summed E-state index contributed by atoms with van der Waals surface area (Å²) < 4.78 is 4.40. The molecule has 1 aromatic rings. The maximum Gasteiger partial charge on any atom is 0.325 e. The summed E-state index contributed by atoms with van der Waals surface area (Å²) in [5, 5.41) is 2.36. The number of esters is 1. The van der Waals surface area contributed by atoms with E-state index in [9.17, 15) is 14.4 Å². The van der Waals surface area contributed by atoms with Crippen LogP contribution in [0.4, 0.5) is 0 Å². The Labute approximate surface area is 92.4 Å². The van der Waals surface area contributed by atoms with E-state index in [2.05, 4.69) is 10.1 Å². The lowest BCUT2D eigenvalue weighted by molar-refractivity contribution is -0.140. The zero-order chi connectivity index (χ0) is 11.8. The minimum absolute atomic E-state index is 0.268. The topological polar surface area (TPSA) is 72.5 Å². The van der Waals surface area contributed by atoms with Crippen LogP contribution in [-0.4, -0.2) is 31.3 Å². The highest BCUT2D eigenvalue weighted by atomic mass is 16.5. The van der Waals surface area contributed by atoms with Gasteiger partial charge in [0.05, 0.1) is 0 Å². The molecular formula is C11H10NO4. The molecule has 0 saturated heterocycles. The molecule has 0 aliphatic carbocycles. The summed E-state index contributed by atoms with van der Waals surface area (Å²) in [7, 11) is 0. The van der Waals surface area contributed by atoms with Crippen molar-refractivity contribution in [2.45, 2.75) is 0 Å². The number of benzene rings is 1. The first-order chi connectivity index (χ1) is 7.74. The first kappa shape index (κ1) is 11.9. The van der Waals surface area contributed by atoms with E-state index >= 15 is 0 Å². The minimum atomic E-state index is -0.673. The van der Waals surface area contributed by atoms with Crippen LogP contribution in [0.15, 0.2) is 30.3 Å². The van der Waals surface area contributed by atoms with Gasteiger partial charge in [0.25, 0.3) is 5.91 Å². The van der Waals surface area contributed by atoms with Gasteiger partial charge in [-0.3, -0.25) is 14.4 Å². The molecule has 83 valence electrons. The fourth-order valence-electron chi connectivity index (χ4n) is 1.01. The summed E-state index contributed by atoms with van der Waals surface area (Å²) >= 11 is 0. The van der Waals surface area contributed by atoms with Gasteiger partial charge in [0.1, 0.15) is 6.54 Å². The first-order valence-electron chi connectivity index (χ1n) is 4.58. The highest BCUT2D eigenvalue weighted by Crippen LogP contribution is 1.97. The lowest BCUT2D eigenvalue weighted by atomic mass is 10.2. The molecule has 5 nitrogen and oxygen atoms in total. The van der Waals surface area contributed by atoms with Crippen molar-refractivity contribution in [3.8, 4) is 0 Å². The monoisotopic (exact) mass is 220 g/mol. The van der Waals surface area contributed by atoms with E-state index in [0.717, 1.165) is 0 Å². The number of rotatable bonds is 5. The van der Waals surface area contributed by atoms with Gasteiger partial charge in [-0.05, 0) is 12.1 Å². The van der Waals surface area contributed by atoms with Gasteiger partial charge in [-0.2, -0.15) is 0 Å². The fraction of sp³-hybridized carbons (Fsp3) is 0.182. The minimum Gasteiger partial charge on any atom is -0.456 e. The predicted octanol–water partition coefficient (Wildman–Crippen LogP) is 0.0693. The molecule has 0 unspecified atom stereocenters. The van der Waals surface area contributed by atoms with E-state index in [1.165, 1.54) is 6.29 Å². The largest absolute Gasteiger partial charge is 0.456 e. The van der Waals surface area contributed by atoms with Gasteiger partial charge in [-0.25, -0.2) is 0 Å². The maximum atomic E-state index is 11.4. The summed E-state index contributed by atoms with van der Waals surface area (Å²) in [5.74, 6) is -1.04. The fourth-order valence-corrected chi connectivity index (χ4v) is 1.01. The Morgan fingerprint density at radius 1 is 1.25 bits per heavy atom. The second kappa shape index (κ2) is 6.34. The third kappa shape index (κ3) is 3.91. The average molecular weight is 220 g/mol. The van der Waals surface area contributed by atoms with E-state index in [1.54, 1.807) is 30.3 Å². The van der Waals surface area contributed by atoms with Gasteiger partial charge in [0, 0.05) is 5.56 Å². The van der Waals surface area contributed by atoms with Crippen LogP contribution in [-0.2, 0) is 14.3 Å². The molecule has 1 N–H and O–H groups in total. The van der Waals surface area contributed by atoms with Crippen molar-refractivity contribution in [1.82, 2.24) is 5.32 Å². The van der Waals surface area contributed by atoms with Crippen LogP contribution in [0.1, 0.15) is 10.4 Å². The zero-order valence-electron chi connectivity index (χ0n) is 8.43. The highest BCUT2D eigenvalue weighted by molar-refractivity contribution is 5.95. The van der Waals surface area contributed by atoms with E-state index in [4.69, 9.17) is 0 Å². The molecule has 16 heavy (non-hydrogen) atoms. The number of ether oxygens (including phenoxy) is 1. The summed E-state index contributed by atoms with van der Waals surface area (Å²) in [6.45, 7) is -0.685. The first-order valence-corrected chi connectivity index (χ1v) is 4.58. The van der Waals surface area contributed by atoms with Crippen LogP contribution in [0.3, 0.4) is 0 Å². The molecule has 0 atom stereocenters. The molecule has 0 aliphatic heterocycles. The van der Waals surface area contributed by atoms with Gasteiger partial charge >= 0.3 is 5.97 Å². The van der Waals surface area contributed by atoms with Crippen LogP contribution in [0.25, 0.3) is 0 Å². The molecule has 1 radical (unpaired) electrons. The molecule has 0 aliphatic rings. The normalized spacial score (nSPS) is 9.25. The van der Waals surface area contributed by atoms with Gasteiger partial charge < -0.3 is 10.1 Å². The predicted molar refractivity (Wildman–Crippen MR) is 55.4 cm³/mol. The molecule has 0 heterocycles. The lowest BCUT2D eigenvalue weighted by Gasteiger charge is -2.03. The van der Waals surface area contributed by atoms with E-state index in [-0.39, 0.29) is 12.5 Å². The highest BCUT2D eigenvalue weighted by Gasteiger charge is 2.07. The molecule has 1 amide bonds. The molecule has 5 heteroatoms. The van der Waals surface area contributed by atoms with E-state index < -0.39 is 12.6 Å². The third-order valence-corrected chi connectivity index (χ3v) is 1.72. The number of nitrogens with one attached hydrogen (secondary N) is 1. The van der Waals surface area contributed by atoms with Crippen molar-refractivity contribution < 1.29 is 19.1 Å². The van der Waals surface area contributed by atoms with Gasteiger partial charge in [0.2, 0.25) is 6.29 Å². The van der Waals surface area contributed by atoms with Crippen molar-refractivity contribution in [2.24, 2.45) is 0 Å².